The Balaban J connectivity index is 1.80. The van der Waals surface area contributed by atoms with Crippen molar-refractivity contribution in [3.8, 4) is 0 Å². The van der Waals surface area contributed by atoms with Crippen LogP contribution in [0.2, 0.25) is 0 Å². The first-order valence-electron chi connectivity index (χ1n) is 7.66. The van der Waals surface area contributed by atoms with E-state index in [0.717, 1.165) is 6.54 Å². The largest absolute Gasteiger partial charge is 0.317 e. The van der Waals surface area contributed by atoms with E-state index in [4.69, 9.17) is 0 Å². The van der Waals surface area contributed by atoms with Gasteiger partial charge in [-0.1, -0.05) is 42.5 Å². The van der Waals surface area contributed by atoms with Gasteiger partial charge in [0, 0.05) is 25.2 Å². The Morgan fingerprint density at radius 3 is 2.75 bits per heavy atom. The van der Waals surface area contributed by atoms with Gasteiger partial charge in [-0.3, -0.25) is 4.90 Å². The molecular formula is C18H24N2. The van der Waals surface area contributed by atoms with E-state index in [2.05, 4.69) is 66.7 Å². The highest BCUT2D eigenvalue weighted by Crippen LogP contribution is 2.24. The molecule has 0 saturated carbocycles. The van der Waals surface area contributed by atoms with Crippen molar-refractivity contribution < 1.29 is 0 Å². The Hall–Kier alpha value is -1.38. The minimum absolute atomic E-state index is 0.653. The zero-order valence-electron chi connectivity index (χ0n) is 12.5. The molecule has 0 spiro atoms. The van der Waals surface area contributed by atoms with Gasteiger partial charge in [0.05, 0.1) is 0 Å². The number of piperidine rings is 1. The Morgan fingerprint density at radius 2 is 1.95 bits per heavy atom. The summed E-state index contributed by atoms with van der Waals surface area (Å²) in [6.07, 6.45) is 2.51. The first kappa shape index (κ1) is 13.6. The Labute approximate surface area is 121 Å². The van der Waals surface area contributed by atoms with Gasteiger partial charge in [-0.05, 0) is 43.1 Å². The standard InChI is InChI=1S/C18H24N2/c1-14-12-17(19-2)10-11-20(14)13-16-8-5-7-15-6-3-4-9-18(15)16/h3-9,14,17,19H,10-13H2,1-2H3. The van der Waals surface area contributed by atoms with Crippen LogP contribution in [-0.2, 0) is 6.54 Å². The second-order valence-electron chi connectivity index (χ2n) is 5.97. The fraction of sp³-hybridized carbons (Fsp3) is 0.444. The normalized spacial score (nSPS) is 24.1. The number of likely N-dealkylation sites (tertiary alicyclic amines) is 1. The molecule has 2 aromatic rings. The lowest BCUT2D eigenvalue weighted by atomic mass is 9.96. The summed E-state index contributed by atoms with van der Waals surface area (Å²) in [6.45, 7) is 4.61. The molecule has 20 heavy (non-hydrogen) atoms. The van der Waals surface area contributed by atoms with Gasteiger partial charge in [0.2, 0.25) is 0 Å². The molecule has 1 aliphatic heterocycles. The number of hydrogen-bond acceptors (Lipinski definition) is 2. The van der Waals surface area contributed by atoms with Gasteiger partial charge in [-0.15, -0.1) is 0 Å². The van der Waals surface area contributed by atoms with E-state index in [1.54, 1.807) is 0 Å². The van der Waals surface area contributed by atoms with Gasteiger partial charge < -0.3 is 5.32 Å². The summed E-state index contributed by atoms with van der Waals surface area (Å²) in [4.78, 5) is 2.62. The second kappa shape index (κ2) is 5.94. The van der Waals surface area contributed by atoms with E-state index in [1.165, 1.54) is 35.7 Å². The minimum Gasteiger partial charge on any atom is -0.317 e. The fourth-order valence-electron chi connectivity index (χ4n) is 3.37. The van der Waals surface area contributed by atoms with Crippen LogP contribution in [0.25, 0.3) is 10.8 Å². The lowest BCUT2D eigenvalue weighted by Crippen LogP contribution is -2.46. The molecule has 0 aromatic heterocycles. The number of benzene rings is 2. The molecule has 0 radical (unpaired) electrons. The Morgan fingerprint density at radius 1 is 1.15 bits per heavy atom. The zero-order valence-corrected chi connectivity index (χ0v) is 12.5. The molecule has 2 nitrogen and oxygen atoms in total. The van der Waals surface area contributed by atoms with Gasteiger partial charge in [0.15, 0.2) is 0 Å². The van der Waals surface area contributed by atoms with Crippen molar-refractivity contribution >= 4 is 10.8 Å². The third kappa shape index (κ3) is 2.72. The summed E-state index contributed by atoms with van der Waals surface area (Å²) in [5, 5.41) is 6.17. The molecule has 106 valence electrons. The molecule has 0 bridgehead atoms. The van der Waals surface area contributed by atoms with E-state index in [9.17, 15) is 0 Å². The molecule has 2 aromatic carbocycles. The van der Waals surface area contributed by atoms with Gasteiger partial charge >= 0.3 is 0 Å². The van der Waals surface area contributed by atoms with E-state index in [-0.39, 0.29) is 0 Å². The Bertz CT molecular complexity index is 573. The summed E-state index contributed by atoms with van der Waals surface area (Å²) in [7, 11) is 2.08. The number of nitrogens with one attached hydrogen (secondary N) is 1. The van der Waals surface area contributed by atoms with Gasteiger partial charge in [0.1, 0.15) is 0 Å². The van der Waals surface area contributed by atoms with E-state index >= 15 is 0 Å². The van der Waals surface area contributed by atoms with Crippen molar-refractivity contribution in [1.29, 1.82) is 0 Å². The summed E-state index contributed by atoms with van der Waals surface area (Å²) in [5.41, 5.74) is 1.46. The van der Waals surface area contributed by atoms with Crippen LogP contribution in [0.15, 0.2) is 42.5 Å². The average Bonchev–Trinajstić information content (AvgIpc) is 2.49. The first-order valence-corrected chi connectivity index (χ1v) is 7.66. The van der Waals surface area contributed by atoms with Crippen LogP contribution in [0, 0.1) is 0 Å². The summed E-state index contributed by atoms with van der Waals surface area (Å²) >= 11 is 0. The molecule has 2 heteroatoms. The molecular weight excluding hydrogens is 244 g/mol. The van der Waals surface area contributed by atoms with Crippen molar-refractivity contribution in [3.63, 3.8) is 0 Å². The average molecular weight is 268 g/mol. The Kier molecular flexibility index (Phi) is 4.04. The zero-order chi connectivity index (χ0) is 13.9. The quantitative estimate of drug-likeness (QED) is 0.917. The number of rotatable bonds is 3. The summed E-state index contributed by atoms with van der Waals surface area (Å²) < 4.78 is 0. The highest BCUT2D eigenvalue weighted by atomic mass is 15.2. The van der Waals surface area contributed by atoms with Crippen molar-refractivity contribution in [1.82, 2.24) is 10.2 Å². The van der Waals surface area contributed by atoms with Crippen LogP contribution >= 0.6 is 0 Å². The lowest BCUT2D eigenvalue weighted by molar-refractivity contribution is 0.132. The predicted octanol–water partition coefficient (Wildman–Crippen LogP) is 3.41. The molecule has 0 aliphatic carbocycles. The van der Waals surface area contributed by atoms with Crippen LogP contribution < -0.4 is 5.32 Å². The van der Waals surface area contributed by atoms with Crippen molar-refractivity contribution in [3.05, 3.63) is 48.0 Å². The van der Waals surface area contributed by atoms with E-state index in [0.29, 0.717) is 12.1 Å². The van der Waals surface area contributed by atoms with Crippen molar-refractivity contribution in [2.75, 3.05) is 13.6 Å². The highest BCUT2D eigenvalue weighted by molar-refractivity contribution is 5.85. The maximum Gasteiger partial charge on any atom is 0.0242 e. The highest BCUT2D eigenvalue weighted by Gasteiger charge is 2.24. The van der Waals surface area contributed by atoms with Crippen molar-refractivity contribution in [2.45, 2.75) is 38.4 Å². The number of hydrogen-bond donors (Lipinski definition) is 1. The van der Waals surface area contributed by atoms with Crippen LogP contribution in [0.5, 0.6) is 0 Å². The molecule has 2 unspecified atom stereocenters. The molecule has 1 fully saturated rings. The fourth-order valence-corrected chi connectivity index (χ4v) is 3.37. The summed E-state index contributed by atoms with van der Waals surface area (Å²) in [6, 6.07) is 16.7. The summed E-state index contributed by atoms with van der Waals surface area (Å²) in [5.74, 6) is 0. The first-order chi connectivity index (χ1) is 9.78. The van der Waals surface area contributed by atoms with Gasteiger partial charge in [0.25, 0.3) is 0 Å². The molecule has 2 atom stereocenters. The van der Waals surface area contributed by atoms with Crippen molar-refractivity contribution in [2.24, 2.45) is 0 Å². The maximum absolute atomic E-state index is 3.42. The molecule has 0 amide bonds. The smallest absolute Gasteiger partial charge is 0.0242 e. The van der Waals surface area contributed by atoms with Gasteiger partial charge in [-0.25, -0.2) is 0 Å². The topological polar surface area (TPSA) is 15.3 Å². The number of fused-ring (bicyclic) bond motifs is 1. The SMILES string of the molecule is CNC1CCN(Cc2cccc3ccccc23)C(C)C1. The van der Waals surface area contributed by atoms with Crippen LogP contribution in [0.1, 0.15) is 25.3 Å². The third-order valence-corrected chi connectivity index (χ3v) is 4.68. The maximum atomic E-state index is 3.42. The van der Waals surface area contributed by atoms with Crippen LogP contribution in [-0.4, -0.2) is 30.6 Å². The second-order valence-corrected chi connectivity index (χ2v) is 5.97. The lowest BCUT2D eigenvalue weighted by Gasteiger charge is -2.37. The van der Waals surface area contributed by atoms with Crippen LogP contribution in [0.4, 0.5) is 0 Å². The van der Waals surface area contributed by atoms with E-state index < -0.39 is 0 Å². The monoisotopic (exact) mass is 268 g/mol. The van der Waals surface area contributed by atoms with E-state index in [1.807, 2.05) is 0 Å². The third-order valence-electron chi connectivity index (χ3n) is 4.68. The molecule has 1 saturated heterocycles. The molecule has 1 aliphatic rings. The predicted molar refractivity (Wildman–Crippen MR) is 85.9 cm³/mol. The number of nitrogens with zero attached hydrogens (tertiary/aromatic N) is 1. The van der Waals surface area contributed by atoms with Crippen LogP contribution in [0.3, 0.4) is 0 Å². The minimum atomic E-state index is 0.653. The van der Waals surface area contributed by atoms with Gasteiger partial charge in [-0.2, -0.15) is 0 Å². The molecule has 1 N–H and O–H groups in total. The molecule has 1 heterocycles. The molecule has 3 rings (SSSR count).